The first-order valence-electron chi connectivity index (χ1n) is 5.71. The van der Waals surface area contributed by atoms with Crippen molar-refractivity contribution >= 4 is 11.8 Å². The van der Waals surface area contributed by atoms with E-state index in [0.717, 1.165) is 5.75 Å². The lowest BCUT2D eigenvalue weighted by Crippen LogP contribution is -2.18. The molecule has 0 bridgehead atoms. The van der Waals surface area contributed by atoms with Crippen molar-refractivity contribution < 1.29 is 8.78 Å². The zero-order valence-corrected chi connectivity index (χ0v) is 11.3. The lowest BCUT2D eigenvalue weighted by atomic mass is 10.0. The van der Waals surface area contributed by atoms with Gasteiger partial charge in [0.2, 0.25) is 0 Å². The van der Waals surface area contributed by atoms with Crippen molar-refractivity contribution in [3.05, 3.63) is 34.9 Å². The summed E-state index contributed by atoms with van der Waals surface area (Å²) in [6.45, 7) is 5.82. The first kappa shape index (κ1) is 14.5. The summed E-state index contributed by atoms with van der Waals surface area (Å²) < 4.78 is 27.3. The van der Waals surface area contributed by atoms with Gasteiger partial charge in [0.05, 0.1) is 0 Å². The predicted molar refractivity (Wildman–Crippen MR) is 70.2 cm³/mol. The van der Waals surface area contributed by atoms with E-state index in [1.165, 1.54) is 12.1 Å². The minimum atomic E-state index is -0.585. The second kappa shape index (κ2) is 6.36. The maximum Gasteiger partial charge on any atom is 0.133 e. The predicted octanol–water partition coefficient (Wildman–Crippen LogP) is 3.66. The van der Waals surface area contributed by atoms with Gasteiger partial charge in [-0.2, -0.15) is 11.8 Å². The van der Waals surface area contributed by atoms with Crippen molar-refractivity contribution in [3.8, 4) is 0 Å². The van der Waals surface area contributed by atoms with Crippen molar-refractivity contribution in [1.29, 1.82) is 0 Å². The minimum Gasteiger partial charge on any atom is -0.323 e. The molecule has 0 spiro atoms. The fraction of sp³-hybridized carbons (Fsp3) is 0.538. The molecule has 0 heterocycles. The fourth-order valence-electron chi connectivity index (χ4n) is 1.53. The monoisotopic (exact) mass is 259 g/mol. The van der Waals surface area contributed by atoms with E-state index in [1.54, 1.807) is 18.7 Å². The average molecular weight is 259 g/mol. The summed E-state index contributed by atoms with van der Waals surface area (Å²) in [4.78, 5) is 0. The number of halogens is 2. The van der Waals surface area contributed by atoms with Crippen LogP contribution < -0.4 is 5.73 Å². The highest BCUT2D eigenvalue weighted by Gasteiger charge is 2.18. The van der Waals surface area contributed by atoms with Crippen LogP contribution in [-0.4, -0.2) is 11.5 Å². The zero-order chi connectivity index (χ0) is 13.0. The number of rotatable bonds is 5. The summed E-state index contributed by atoms with van der Waals surface area (Å²) in [7, 11) is 0. The molecule has 1 unspecified atom stereocenters. The molecule has 2 N–H and O–H groups in total. The van der Waals surface area contributed by atoms with Crippen molar-refractivity contribution in [2.24, 2.45) is 11.7 Å². The Bertz CT molecular complexity index is 380. The second-order valence-corrected chi connectivity index (χ2v) is 5.70. The van der Waals surface area contributed by atoms with Crippen LogP contribution in [0.25, 0.3) is 0 Å². The fourth-order valence-corrected chi connectivity index (χ4v) is 2.56. The Balaban J connectivity index is 2.74. The van der Waals surface area contributed by atoms with Gasteiger partial charge in [-0.1, -0.05) is 19.9 Å². The van der Waals surface area contributed by atoms with E-state index in [4.69, 9.17) is 5.73 Å². The van der Waals surface area contributed by atoms with E-state index in [1.807, 2.05) is 0 Å². The largest absolute Gasteiger partial charge is 0.323 e. The van der Waals surface area contributed by atoms with Gasteiger partial charge in [0.15, 0.2) is 0 Å². The van der Waals surface area contributed by atoms with Crippen LogP contribution in [0.1, 0.15) is 31.0 Å². The average Bonchev–Trinajstić information content (AvgIpc) is 2.23. The van der Waals surface area contributed by atoms with Gasteiger partial charge in [0, 0.05) is 17.4 Å². The van der Waals surface area contributed by atoms with E-state index in [-0.39, 0.29) is 5.56 Å². The smallest absolute Gasteiger partial charge is 0.133 e. The Morgan fingerprint density at radius 3 is 2.47 bits per heavy atom. The molecule has 0 saturated heterocycles. The van der Waals surface area contributed by atoms with Gasteiger partial charge < -0.3 is 5.73 Å². The molecular formula is C13H19F2NS. The van der Waals surface area contributed by atoms with Crippen LogP contribution >= 0.6 is 11.8 Å². The normalized spacial score (nSPS) is 13.1. The number of hydrogen-bond acceptors (Lipinski definition) is 2. The van der Waals surface area contributed by atoms with Crippen molar-refractivity contribution in [3.63, 3.8) is 0 Å². The van der Waals surface area contributed by atoms with Gasteiger partial charge in [-0.15, -0.1) is 0 Å². The summed E-state index contributed by atoms with van der Waals surface area (Å²) in [5.74, 6) is 0.978. The highest BCUT2D eigenvalue weighted by molar-refractivity contribution is 7.99. The third-order valence-corrected chi connectivity index (χ3v) is 3.94. The number of nitrogens with two attached hydrogens (primary N) is 1. The van der Waals surface area contributed by atoms with Crippen molar-refractivity contribution in [1.82, 2.24) is 0 Å². The molecule has 0 saturated carbocycles. The second-order valence-electron chi connectivity index (χ2n) is 4.63. The number of hydrogen-bond donors (Lipinski definition) is 1. The zero-order valence-electron chi connectivity index (χ0n) is 10.5. The Hall–Kier alpha value is -0.610. The molecule has 0 aliphatic heterocycles. The highest BCUT2D eigenvalue weighted by Crippen LogP contribution is 2.25. The lowest BCUT2D eigenvalue weighted by Gasteiger charge is -2.15. The first-order valence-corrected chi connectivity index (χ1v) is 6.86. The number of benzene rings is 1. The van der Waals surface area contributed by atoms with E-state index in [2.05, 4.69) is 13.8 Å². The Morgan fingerprint density at radius 2 is 1.88 bits per heavy atom. The third kappa shape index (κ3) is 3.96. The van der Waals surface area contributed by atoms with Crippen molar-refractivity contribution in [2.45, 2.75) is 26.8 Å². The third-order valence-electron chi connectivity index (χ3n) is 2.44. The standard InChI is InChI=1S/C13H19F2NS/c1-8(2)6-17-7-11(16)12-10(14)5-4-9(3)13(12)15/h4-5,8,11H,6-7,16H2,1-3H3. The maximum absolute atomic E-state index is 13.8. The van der Waals surface area contributed by atoms with Crippen LogP contribution in [0.15, 0.2) is 12.1 Å². The SMILES string of the molecule is Cc1ccc(F)c(C(N)CSCC(C)C)c1F. The molecule has 96 valence electrons. The molecule has 1 aromatic rings. The molecule has 0 radical (unpaired) electrons. The molecule has 0 aliphatic carbocycles. The van der Waals surface area contributed by atoms with E-state index in [9.17, 15) is 8.78 Å². The molecule has 1 nitrogen and oxygen atoms in total. The Labute approximate surface area is 106 Å². The van der Waals surface area contributed by atoms with E-state index >= 15 is 0 Å². The molecule has 1 atom stereocenters. The summed E-state index contributed by atoms with van der Waals surface area (Å²) in [5, 5.41) is 0. The van der Waals surface area contributed by atoms with Crippen LogP contribution in [0.4, 0.5) is 8.78 Å². The molecule has 0 aliphatic rings. The van der Waals surface area contributed by atoms with Gasteiger partial charge in [-0.25, -0.2) is 8.78 Å². The molecule has 0 aromatic heterocycles. The quantitative estimate of drug-likeness (QED) is 0.873. The van der Waals surface area contributed by atoms with Crippen LogP contribution in [0.5, 0.6) is 0 Å². The molecule has 17 heavy (non-hydrogen) atoms. The molecule has 0 fully saturated rings. The molecule has 1 rings (SSSR count). The maximum atomic E-state index is 13.8. The topological polar surface area (TPSA) is 26.0 Å². The van der Waals surface area contributed by atoms with Gasteiger partial charge in [-0.3, -0.25) is 0 Å². The van der Waals surface area contributed by atoms with Crippen LogP contribution in [-0.2, 0) is 0 Å². The van der Waals surface area contributed by atoms with E-state index < -0.39 is 17.7 Å². The lowest BCUT2D eigenvalue weighted by molar-refractivity contribution is 0.533. The minimum absolute atomic E-state index is 0.0151. The van der Waals surface area contributed by atoms with E-state index in [0.29, 0.717) is 17.2 Å². The molecular weight excluding hydrogens is 240 g/mol. The summed E-state index contributed by atoms with van der Waals surface area (Å²) in [6.07, 6.45) is 0. The number of thioether (sulfide) groups is 1. The number of aryl methyl sites for hydroxylation is 1. The summed E-state index contributed by atoms with van der Waals surface area (Å²) in [5.41, 5.74) is 6.30. The summed E-state index contributed by atoms with van der Waals surface area (Å²) in [6, 6.07) is 2.13. The highest BCUT2D eigenvalue weighted by atomic mass is 32.2. The first-order chi connectivity index (χ1) is 7.93. The van der Waals surface area contributed by atoms with Crippen molar-refractivity contribution in [2.75, 3.05) is 11.5 Å². The molecule has 1 aromatic carbocycles. The van der Waals surface area contributed by atoms with Gasteiger partial charge >= 0.3 is 0 Å². The van der Waals surface area contributed by atoms with Crippen LogP contribution in [0.3, 0.4) is 0 Å². The van der Waals surface area contributed by atoms with Gasteiger partial charge in [0.25, 0.3) is 0 Å². The van der Waals surface area contributed by atoms with Crippen LogP contribution in [0, 0.1) is 24.5 Å². The summed E-state index contributed by atoms with van der Waals surface area (Å²) >= 11 is 1.63. The molecule has 0 amide bonds. The Kier molecular flexibility index (Phi) is 5.40. The Morgan fingerprint density at radius 1 is 1.24 bits per heavy atom. The molecule has 4 heteroatoms. The van der Waals surface area contributed by atoms with Gasteiger partial charge in [0.1, 0.15) is 11.6 Å². The van der Waals surface area contributed by atoms with Gasteiger partial charge in [-0.05, 0) is 30.2 Å². The van der Waals surface area contributed by atoms with Crippen LogP contribution in [0.2, 0.25) is 0 Å².